The molecular weight excluding hydrogens is 266 g/mol. The maximum absolute atomic E-state index is 12.2. The molecule has 0 bridgehead atoms. The van der Waals surface area contributed by atoms with E-state index in [-0.39, 0.29) is 11.8 Å². The average Bonchev–Trinajstić information content (AvgIpc) is 2.99. The van der Waals surface area contributed by atoms with E-state index in [9.17, 15) is 4.79 Å². The van der Waals surface area contributed by atoms with Crippen LogP contribution in [-0.4, -0.2) is 34.5 Å². The molecule has 6 nitrogen and oxygen atoms in total. The van der Waals surface area contributed by atoms with Gasteiger partial charge in [-0.15, -0.1) is 0 Å². The molecule has 0 spiro atoms. The van der Waals surface area contributed by atoms with E-state index >= 15 is 0 Å². The van der Waals surface area contributed by atoms with E-state index in [2.05, 4.69) is 39.4 Å². The predicted octanol–water partition coefficient (Wildman–Crippen LogP) is 1.94. The van der Waals surface area contributed by atoms with Crippen molar-refractivity contribution in [3.63, 3.8) is 0 Å². The van der Waals surface area contributed by atoms with Crippen LogP contribution in [-0.2, 0) is 6.42 Å². The largest absolute Gasteiger partial charge is 0.373 e. The van der Waals surface area contributed by atoms with Crippen LogP contribution in [0.2, 0.25) is 0 Å². The average molecular weight is 287 g/mol. The van der Waals surface area contributed by atoms with Crippen molar-refractivity contribution in [1.82, 2.24) is 20.3 Å². The number of nitrogens with one attached hydrogen (secondary N) is 3. The lowest BCUT2D eigenvalue weighted by molar-refractivity contribution is 0.0954. The SMILES string of the molecule is CNc1cc(C(=O)NCCc2cnc[nH]2)cc(C(C)C)n1. The molecule has 6 heteroatoms. The maximum atomic E-state index is 12.2. The Hall–Kier alpha value is -2.37. The molecule has 0 radical (unpaired) electrons. The lowest BCUT2D eigenvalue weighted by Gasteiger charge is -2.11. The third kappa shape index (κ3) is 4.05. The van der Waals surface area contributed by atoms with Gasteiger partial charge in [-0.05, 0) is 18.1 Å². The zero-order valence-corrected chi connectivity index (χ0v) is 12.6. The van der Waals surface area contributed by atoms with Crippen LogP contribution in [0, 0.1) is 0 Å². The minimum Gasteiger partial charge on any atom is -0.373 e. The number of pyridine rings is 1. The van der Waals surface area contributed by atoms with Gasteiger partial charge in [0.05, 0.1) is 6.33 Å². The molecule has 0 fully saturated rings. The van der Waals surface area contributed by atoms with Crippen molar-refractivity contribution < 1.29 is 4.79 Å². The van der Waals surface area contributed by atoms with Crippen LogP contribution in [0.5, 0.6) is 0 Å². The van der Waals surface area contributed by atoms with E-state index in [4.69, 9.17) is 0 Å². The Bertz CT molecular complexity index is 592. The molecule has 0 saturated carbocycles. The maximum Gasteiger partial charge on any atom is 0.251 e. The van der Waals surface area contributed by atoms with Crippen molar-refractivity contribution in [2.75, 3.05) is 18.9 Å². The third-order valence-electron chi connectivity index (χ3n) is 3.19. The van der Waals surface area contributed by atoms with Gasteiger partial charge in [0, 0.05) is 43.2 Å². The summed E-state index contributed by atoms with van der Waals surface area (Å²) in [5, 5.41) is 5.90. The number of rotatable bonds is 6. The van der Waals surface area contributed by atoms with Crippen LogP contribution in [0.15, 0.2) is 24.7 Å². The molecule has 112 valence electrons. The van der Waals surface area contributed by atoms with Gasteiger partial charge in [0.2, 0.25) is 0 Å². The first-order valence-corrected chi connectivity index (χ1v) is 7.05. The van der Waals surface area contributed by atoms with Crippen LogP contribution in [0.4, 0.5) is 5.82 Å². The fourth-order valence-electron chi connectivity index (χ4n) is 1.94. The van der Waals surface area contributed by atoms with Crippen LogP contribution >= 0.6 is 0 Å². The van der Waals surface area contributed by atoms with Gasteiger partial charge < -0.3 is 15.6 Å². The topological polar surface area (TPSA) is 82.7 Å². The molecule has 0 unspecified atom stereocenters. The lowest BCUT2D eigenvalue weighted by atomic mass is 10.1. The van der Waals surface area contributed by atoms with E-state index < -0.39 is 0 Å². The molecule has 0 atom stereocenters. The molecule has 0 aliphatic heterocycles. The second kappa shape index (κ2) is 6.88. The van der Waals surface area contributed by atoms with Crippen LogP contribution < -0.4 is 10.6 Å². The highest BCUT2D eigenvalue weighted by Crippen LogP contribution is 2.17. The summed E-state index contributed by atoms with van der Waals surface area (Å²) in [6.07, 6.45) is 4.12. The summed E-state index contributed by atoms with van der Waals surface area (Å²) in [6.45, 7) is 4.68. The molecule has 3 N–H and O–H groups in total. The Balaban J connectivity index is 2.02. The lowest BCUT2D eigenvalue weighted by Crippen LogP contribution is -2.26. The zero-order chi connectivity index (χ0) is 15.2. The minimum atomic E-state index is -0.0877. The second-order valence-electron chi connectivity index (χ2n) is 5.15. The highest BCUT2D eigenvalue weighted by Gasteiger charge is 2.11. The van der Waals surface area contributed by atoms with Gasteiger partial charge in [-0.25, -0.2) is 9.97 Å². The highest BCUT2D eigenvalue weighted by molar-refractivity contribution is 5.95. The number of H-pyrrole nitrogens is 1. The summed E-state index contributed by atoms with van der Waals surface area (Å²) in [5.41, 5.74) is 2.53. The number of aromatic nitrogens is 3. The first kappa shape index (κ1) is 15.0. The quantitative estimate of drug-likeness (QED) is 0.758. The van der Waals surface area contributed by atoms with Gasteiger partial charge >= 0.3 is 0 Å². The van der Waals surface area contributed by atoms with Crippen molar-refractivity contribution >= 4 is 11.7 Å². The Kier molecular flexibility index (Phi) is 4.92. The second-order valence-corrected chi connectivity index (χ2v) is 5.15. The molecule has 2 heterocycles. The van der Waals surface area contributed by atoms with Crippen molar-refractivity contribution in [1.29, 1.82) is 0 Å². The van der Waals surface area contributed by atoms with Crippen LogP contribution in [0.1, 0.15) is 41.5 Å². The molecule has 2 rings (SSSR count). The third-order valence-corrected chi connectivity index (χ3v) is 3.19. The first-order valence-electron chi connectivity index (χ1n) is 7.05. The Morgan fingerprint density at radius 3 is 2.81 bits per heavy atom. The Morgan fingerprint density at radius 1 is 1.38 bits per heavy atom. The zero-order valence-electron chi connectivity index (χ0n) is 12.6. The number of anilines is 1. The smallest absolute Gasteiger partial charge is 0.251 e. The summed E-state index contributed by atoms with van der Waals surface area (Å²) in [4.78, 5) is 23.6. The monoisotopic (exact) mass is 287 g/mol. The Labute approximate surface area is 124 Å². The van der Waals surface area contributed by atoms with Crippen LogP contribution in [0.25, 0.3) is 0 Å². The van der Waals surface area contributed by atoms with Crippen molar-refractivity contribution in [2.24, 2.45) is 0 Å². The fourth-order valence-corrected chi connectivity index (χ4v) is 1.94. The summed E-state index contributed by atoms with van der Waals surface area (Å²) >= 11 is 0. The van der Waals surface area contributed by atoms with Gasteiger partial charge in [-0.1, -0.05) is 13.8 Å². The van der Waals surface area contributed by atoms with Gasteiger partial charge in [0.25, 0.3) is 5.91 Å². The van der Waals surface area contributed by atoms with E-state index in [1.54, 1.807) is 25.6 Å². The van der Waals surface area contributed by atoms with E-state index in [1.807, 2.05) is 6.07 Å². The summed E-state index contributed by atoms with van der Waals surface area (Å²) in [6, 6.07) is 3.61. The number of carbonyl (C=O) groups excluding carboxylic acids is 1. The fraction of sp³-hybridized carbons (Fsp3) is 0.400. The van der Waals surface area contributed by atoms with Crippen molar-refractivity contribution in [2.45, 2.75) is 26.2 Å². The number of nitrogens with zero attached hydrogens (tertiary/aromatic N) is 2. The summed E-state index contributed by atoms with van der Waals surface area (Å²) < 4.78 is 0. The number of hydrogen-bond donors (Lipinski definition) is 3. The highest BCUT2D eigenvalue weighted by atomic mass is 16.1. The molecule has 0 saturated heterocycles. The Morgan fingerprint density at radius 2 is 2.19 bits per heavy atom. The van der Waals surface area contributed by atoms with Gasteiger partial charge in [-0.2, -0.15) is 0 Å². The number of aromatic amines is 1. The van der Waals surface area contributed by atoms with Gasteiger partial charge in [0.15, 0.2) is 0 Å². The molecule has 0 aliphatic rings. The minimum absolute atomic E-state index is 0.0877. The van der Waals surface area contributed by atoms with Crippen molar-refractivity contribution in [3.05, 3.63) is 41.6 Å². The van der Waals surface area contributed by atoms with Crippen LogP contribution in [0.3, 0.4) is 0 Å². The summed E-state index contributed by atoms with van der Waals surface area (Å²) in [7, 11) is 1.80. The standard InChI is InChI=1S/C15H21N5O/c1-10(2)13-6-11(7-14(16-3)20-13)15(21)18-5-4-12-8-17-9-19-12/h6-10H,4-5H2,1-3H3,(H,16,20)(H,17,19)(H,18,21). The number of amides is 1. The molecule has 21 heavy (non-hydrogen) atoms. The molecule has 1 amide bonds. The van der Waals surface area contributed by atoms with E-state index in [0.29, 0.717) is 17.9 Å². The number of carbonyl (C=O) groups is 1. The van der Waals surface area contributed by atoms with Crippen molar-refractivity contribution in [3.8, 4) is 0 Å². The first-order chi connectivity index (χ1) is 10.1. The molecule has 2 aromatic rings. The van der Waals surface area contributed by atoms with E-state index in [0.717, 1.165) is 17.8 Å². The normalized spacial score (nSPS) is 10.7. The number of hydrogen-bond acceptors (Lipinski definition) is 4. The molecule has 0 aliphatic carbocycles. The molecule has 0 aromatic carbocycles. The molecule has 2 aromatic heterocycles. The number of imidazole rings is 1. The molecular formula is C15H21N5O. The van der Waals surface area contributed by atoms with Gasteiger partial charge in [0.1, 0.15) is 5.82 Å². The predicted molar refractivity (Wildman–Crippen MR) is 82.5 cm³/mol. The van der Waals surface area contributed by atoms with Gasteiger partial charge in [-0.3, -0.25) is 4.79 Å². The summed E-state index contributed by atoms with van der Waals surface area (Å²) in [5.74, 6) is 0.894. The van der Waals surface area contributed by atoms with E-state index in [1.165, 1.54) is 0 Å².